The van der Waals surface area contributed by atoms with Crippen LogP contribution in [-0.4, -0.2) is 4.98 Å². The molecular formula is C14H12BrN3S. The molecule has 1 unspecified atom stereocenters. The number of benzene rings is 1. The Hall–Kier alpha value is -1.27. The Morgan fingerprint density at radius 2 is 2.16 bits per heavy atom. The van der Waals surface area contributed by atoms with Crippen molar-refractivity contribution in [2.75, 3.05) is 0 Å². The largest absolute Gasteiger partial charge is 0.271 e. The molecule has 3 rings (SSSR count). The maximum Gasteiger partial charge on any atom is 0.0725 e. The van der Waals surface area contributed by atoms with E-state index in [1.54, 1.807) is 17.5 Å². The second kappa shape index (κ2) is 5.38. The molecule has 0 aliphatic rings. The highest BCUT2D eigenvalue weighted by atomic mass is 79.9. The molecule has 0 aliphatic carbocycles. The fourth-order valence-electron chi connectivity index (χ4n) is 2.22. The first kappa shape index (κ1) is 12.7. The van der Waals surface area contributed by atoms with Crippen molar-refractivity contribution < 1.29 is 0 Å². The normalized spacial score (nSPS) is 12.7. The summed E-state index contributed by atoms with van der Waals surface area (Å²) in [7, 11) is 0. The fourth-order valence-corrected chi connectivity index (χ4v) is 3.42. The minimum atomic E-state index is -0.0320. The van der Waals surface area contributed by atoms with E-state index < -0.39 is 0 Å². The monoisotopic (exact) mass is 333 g/mol. The van der Waals surface area contributed by atoms with Gasteiger partial charge >= 0.3 is 0 Å². The first-order chi connectivity index (χ1) is 9.29. The maximum absolute atomic E-state index is 5.76. The van der Waals surface area contributed by atoms with E-state index in [4.69, 9.17) is 5.84 Å². The van der Waals surface area contributed by atoms with Gasteiger partial charge in [0.05, 0.1) is 15.3 Å². The third kappa shape index (κ3) is 2.42. The topological polar surface area (TPSA) is 50.9 Å². The van der Waals surface area contributed by atoms with Crippen molar-refractivity contribution >= 4 is 38.2 Å². The number of nitrogens with one attached hydrogen (secondary N) is 1. The molecule has 0 saturated carbocycles. The van der Waals surface area contributed by atoms with Crippen LogP contribution >= 0.6 is 27.3 Å². The average Bonchev–Trinajstić information content (AvgIpc) is 2.86. The molecule has 1 aromatic carbocycles. The van der Waals surface area contributed by atoms with Crippen LogP contribution in [0.5, 0.6) is 0 Å². The number of fused-ring (bicyclic) bond motifs is 1. The third-order valence-electron chi connectivity index (χ3n) is 3.08. The van der Waals surface area contributed by atoms with Gasteiger partial charge in [0.1, 0.15) is 0 Å². The van der Waals surface area contributed by atoms with Gasteiger partial charge < -0.3 is 0 Å². The Bertz CT molecular complexity index is 705. The van der Waals surface area contributed by atoms with Crippen molar-refractivity contribution in [2.45, 2.75) is 6.04 Å². The Balaban J connectivity index is 2.16. The Morgan fingerprint density at radius 3 is 2.89 bits per heavy atom. The lowest BCUT2D eigenvalue weighted by molar-refractivity contribution is 0.642. The summed E-state index contributed by atoms with van der Waals surface area (Å²) in [6, 6.07) is 12.2. The quantitative estimate of drug-likeness (QED) is 0.568. The van der Waals surface area contributed by atoms with Crippen LogP contribution in [0.4, 0.5) is 0 Å². The van der Waals surface area contributed by atoms with E-state index in [0.717, 1.165) is 25.8 Å². The predicted octanol–water partition coefficient (Wildman–Crippen LogP) is 3.61. The summed E-state index contributed by atoms with van der Waals surface area (Å²) in [6.45, 7) is 0. The van der Waals surface area contributed by atoms with Gasteiger partial charge in [-0.25, -0.2) is 5.43 Å². The van der Waals surface area contributed by atoms with Crippen molar-refractivity contribution in [1.29, 1.82) is 0 Å². The number of hydrogen-bond acceptors (Lipinski definition) is 4. The van der Waals surface area contributed by atoms with Crippen molar-refractivity contribution in [1.82, 2.24) is 10.4 Å². The lowest BCUT2D eigenvalue weighted by Gasteiger charge is -2.17. The highest BCUT2D eigenvalue weighted by Gasteiger charge is 2.16. The molecule has 3 nitrogen and oxygen atoms in total. The molecule has 3 aromatic rings. The van der Waals surface area contributed by atoms with Gasteiger partial charge in [0, 0.05) is 11.6 Å². The highest BCUT2D eigenvalue weighted by molar-refractivity contribution is 9.11. The zero-order chi connectivity index (χ0) is 13.2. The van der Waals surface area contributed by atoms with E-state index in [9.17, 15) is 0 Å². The number of halogens is 1. The Kier molecular flexibility index (Phi) is 3.61. The molecule has 0 amide bonds. The van der Waals surface area contributed by atoms with Crippen LogP contribution in [-0.2, 0) is 0 Å². The van der Waals surface area contributed by atoms with Gasteiger partial charge in [-0.1, -0.05) is 18.2 Å². The molecule has 0 bridgehead atoms. The molecular weight excluding hydrogens is 322 g/mol. The number of thiophene rings is 1. The summed E-state index contributed by atoms with van der Waals surface area (Å²) in [4.78, 5) is 4.38. The van der Waals surface area contributed by atoms with Crippen LogP contribution in [0.3, 0.4) is 0 Å². The lowest BCUT2D eigenvalue weighted by atomic mass is 9.97. The van der Waals surface area contributed by atoms with E-state index in [0.29, 0.717) is 0 Å². The molecule has 96 valence electrons. The second-order valence-electron chi connectivity index (χ2n) is 4.20. The number of hydrogen-bond donors (Lipinski definition) is 2. The SMILES string of the molecule is NNC(c1csc(Br)c1)c1cccc2ncccc12. The smallest absolute Gasteiger partial charge is 0.0725 e. The average molecular weight is 334 g/mol. The van der Waals surface area contributed by atoms with E-state index in [1.165, 1.54) is 0 Å². The second-order valence-corrected chi connectivity index (χ2v) is 6.49. The van der Waals surface area contributed by atoms with Crippen molar-refractivity contribution in [3.05, 3.63) is 62.9 Å². The number of rotatable bonds is 3. The first-order valence-corrected chi connectivity index (χ1v) is 7.50. The first-order valence-electron chi connectivity index (χ1n) is 5.83. The highest BCUT2D eigenvalue weighted by Crippen LogP contribution is 2.31. The van der Waals surface area contributed by atoms with E-state index >= 15 is 0 Å². The van der Waals surface area contributed by atoms with E-state index in [2.05, 4.69) is 49.9 Å². The minimum Gasteiger partial charge on any atom is -0.271 e. The molecule has 3 N–H and O–H groups in total. The summed E-state index contributed by atoms with van der Waals surface area (Å²) < 4.78 is 1.10. The van der Waals surface area contributed by atoms with E-state index in [1.807, 2.05) is 18.2 Å². The van der Waals surface area contributed by atoms with Crippen LogP contribution in [0.15, 0.2) is 51.8 Å². The van der Waals surface area contributed by atoms with Crippen LogP contribution < -0.4 is 11.3 Å². The van der Waals surface area contributed by atoms with Crippen LogP contribution in [0.1, 0.15) is 17.2 Å². The summed E-state index contributed by atoms with van der Waals surface area (Å²) in [6.07, 6.45) is 1.80. The number of aromatic nitrogens is 1. The van der Waals surface area contributed by atoms with Crippen molar-refractivity contribution in [2.24, 2.45) is 5.84 Å². The molecule has 0 spiro atoms. The minimum absolute atomic E-state index is 0.0320. The number of hydrazine groups is 1. The predicted molar refractivity (Wildman–Crippen MR) is 82.9 cm³/mol. The molecule has 19 heavy (non-hydrogen) atoms. The number of nitrogens with two attached hydrogens (primary N) is 1. The third-order valence-corrected chi connectivity index (χ3v) is 4.60. The van der Waals surface area contributed by atoms with Crippen molar-refractivity contribution in [3.63, 3.8) is 0 Å². The van der Waals surface area contributed by atoms with Crippen LogP contribution in [0, 0.1) is 0 Å². The summed E-state index contributed by atoms with van der Waals surface area (Å²) in [5, 5.41) is 3.22. The maximum atomic E-state index is 5.76. The van der Waals surface area contributed by atoms with Crippen molar-refractivity contribution in [3.8, 4) is 0 Å². The number of nitrogens with zero attached hydrogens (tertiary/aromatic N) is 1. The molecule has 1 atom stereocenters. The molecule has 0 fully saturated rings. The van der Waals surface area contributed by atoms with Gasteiger partial charge in [0.2, 0.25) is 0 Å². The zero-order valence-corrected chi connectivity index (χ0v) is 12.4. The molecule has 2 heterocycles. The van der Waals surface area contributed by atoms with Gasteiger partial charge in [-0.05, 0) is 50.6 Å². The molecule has 0 aliphatic heterocycles. The molecule has 2 aromatic heterocycles. The van der Waals surface area contributed by atoms with Gasteiger partial charge in [-0.3, -0.25) is 10.8 Å². The molecule has 5 heteroatoms. The Labute approximate surface area is 123 Å². The summed E-state index contributed by atoms with van der Waals surface area (Å²) in [5.41, 5.74) is 6.17. The lowest BCUT2D eigenvalue weighted by Crippen LogP contribution is -2.28. The molecule has 0 saturated heterocycles. The fraction of sp³-hybridized carbons (Fsp3) is 0.0714. The molecule has 0 radical (unpaired) electrons. The Morgan fingerprint density at radius 1 is 1.26 bits per heavy atom. The summed E-state index contributed by atoms with van der Waals surface area (Å²) in [5.74, 6) is 5.76. The van der Waals surface area contributed by atoms with Gasteiger partial charge in [-0.2, -0.15) is 0 Å². The van der Waals surface area contributed by atoms with Gasteiger partial charge in [-0.15, -0.1) is 11.3 Å². The van der Waals surface area contributed by atoms with Gasteiger partial charge in [0.15, 0.2) is 0 Å². The van der Waals surface area contributed by atoms with E-state index in [-0.39, 0.29) is 6.04 Å². The zero-order valence-electron chi connectivity index (χ0n) is 10.0. The van der Waals surface area contributed by atoms with Gasteiger partial charge in [0.25, 0.3) is 0 Å². The summed E-state index contributed by atoms with van der Waals surface area (Å²) >= 11 is 5.14. The standard InChI is InChI=1S/C14H12BrN3S/c15-13-7-9(8-19-13)14(18-16)11-3-1-5-12-10(11)4-2-6-17-12/h1-8,14,18H,16H2. The van der Waals surface area contributed by atoms with Crippen LogP contribution in [0.2, 0.25) is 0 Å². The number of pyridine rings is 1. The van der Waals surface area contributed by atoms with Crippen LogP contribution in [0.25, 0.3) is 10.9 Å².